The molecule has 5 heteroatoms. The van der Waals surface area contributed by atoms with Gasteiger partial charge >= 0.3 is 0 Å². The first-order valence-corrected chi connectivity index (χ1v) is 7.74. The SMILES string of the molecule is Cc1nc(Oc2cccc(F)c2)c2c3c(sc2n1)CCC3. The monoisotopic (exact) mass is 300 g/mol. The van der Waals surface area contributed by atoms with Gasteiger partial charge in [-0.3, -0.25) is 0 Å². The molecule has 0 fully saturated rings. The van der Waals surface area contributed by atoms with Crippen molar-refractivity contribution < 1.29 is 9.13 Å². The molecular weight excluding hydrogens is 287 g/mol. The molecule has 0 atom stereocenters. The van der Waals surface area contributed by atoms with Crippen LogP contribution in [0.5, 0.6) is 11.6 Å². The van der Waals surface area contributed by atoms with Crippen LogP contribution < -0.4 is 4.74 Å². The first-order valence-electron chi connectivity index (χ1n) is 6.93. The molecule has 0 unspecified atom stereocenters. The molecule has 0 aliphatic heterocycles. The predicted molar refractivity (Wildman–Crippen MR) is 80.7 cm³/mol. The third kappa shape index (κ3) is 2.17. The molecule has 0 amide bonds. The highest BCUT2D eigenvalue weighted by Crippen LogP contribution is 2.41. The van der Waals surface area contributed by atoms with Crippen molar-refractivity contribution in [2.45, 2.75) is 26.2 Å². The fraction of sp³-hybridized carbons (Fsp3) is 0.250. The molecule has 2 aromatic heterocycles. The minimum absolute atomic E-state index is 0.315. The van der Waals surface area contributed by atoms with Gasteiger partial charge in [-0.25, -0.2) is 9.37 Å². The topological polar surface area (TPSA) is 35.0 Å². The summed E-state index contributed by atoms with van der Waals surface area (Å²) in [5.41, 5.74) is 1.31. The van der Waals surface area contributed by atoms with Gasteiger partial charge in [0, 0.05) is 10.9 Å². The summed E-state index contributed by atoms with van der Waals surface area (Å²) in [4.78, 5) is 11.3. The quantitative estimate of drug-likeness (QED) is 0.702. The molecule has 3 nitrogen and oxygen atoms in total. The zero-order valence-corrected chi connectivity index (χ0v) is 12.3. The molecule has 0 saturated heterocycles. The standard InChI is InChI=1S/C16H13FN2OS/c1-9-18-15(20-11-5-2-4-10(17)8-11)14-12-6-3-7-13(12)21-16(14)19-9/h2,4-5,8H,3,6-7H2,1H3. The van der Waals surface area contributed by atoms with Crippen LogP contribution in [0.2, 0.25) is 0 Å². The van der Waals surface area contributed by atoms with Crippen LogP contribution in [0.4, 0.5) is 4.39 Å². The first-order chi connectivity index (χ1) is 10.2. The van der Waals surface area contributed by atoms with Gasteiger partial charge in [0.25, 0.3) is 0 Å². The molecule has 0 bridgehead atoms. The number of fused-ring (bicyclic) bond motifs is 3. The highest BCUT2D eigenvalue weighted by Gasteiger charge is 2.22. The zero-order chi connectivity index (χ0) is 14.4. The Balaban J connectivity index is 1.87. The lowest BCUT2D eigenvalue weighted by molar-refractivity contribution is 0.461. The zero-order valence-electron chi connectivity index (χ0n) is 11.5. The smallest absolute Gasteiger partial charge is 0.231 e. The number of ether oxygens (including phenoxy) is 1. The van der Waals surface area contributed by atoms with E-state index in [0.29, 0.717) is 17.5 Å². The maximum Gasteiger partial charge on any atom is 0.231 e. The summed E-state index contributed by atoms with van der Waals surface area (Å²) in [6, 6.07) is 6.14. The molecule has 2 heterocycles. The van der Waals surface area contributed by atoms with Crippen molar-refractivity contribution >= 4 is 21.6 Å². The second-order valence-electron chi connectivity index (χ2n) is 5.17. The van der Waals surface area contributed by atoms with E-state index in [1.54, 1.807) is 23.5 Å². The van der Waals surface area contributed by atoms with Gasteiger partial charge in [0.1, 0.15) is 22.2 Å². The molecular formula is C16H13FN2OS. The number of benzene rings is 1. The Hall–Kier alpha value is -2.01. The number of halogens is 1. The minimum Gasteiger partial charge on any atom is -0.438 e. The van der Waals surface area contributed by atoms with Crippen molar-refractivity contribution in [3.63, 3.8) is 0 Å². The number of hydrogen-bond donors (Lipinski definition) is 0. The van der Waals surface area contributed by atoms with Gasteiger partial charge in [0.2, 0.25) is 5.88 Å². The molecule has 0 saturated carbocycles. The van der Waals surface area contributed by atoms with E-state index in [2.05, 4.69) is 9.97 Å². The van der Waals surface area contributed by atoms with Crippen LogP contribution in [0.25, 0.3) is 10.2 Å². The average molecular weight is 300 g/mol. The lowest BCUT2D eigenvalue weighted by atomic mass is 10.2. The van der Waals surface area contributed by atoms with Gasteiger partial charge < -0.3 is 4.74 Å². The second-order valence-corrected chi connectivity index (χ2v) is 6.26. The fourth-order valence-electron chi connectivity index (χ4n) is 2.78. The van der Waals surface area contributed by atoms with Crippen molar-refractivity contribution in [2.24, 2.45) is 0 Å². The Morgan fingerprint density at radius 2 is 2.14 bits per heavy atom. The summed E-state index contributed by atoms with van der Waals surface area (Å²) < 4.78 is 19.2. The molecule has 4 rings (SSSR count). The van der Waals surface area contributed by atoms with Crippen LogP contribution in [0, 0.1) is 12.7 Å². The van der Waals surface area contributed by atoms with Gasteiger partial charge in [-0.15, -0.1) is 11.3 Å². The van der Waals surface area contributed by atoms with Gasteiger partial charge in [-0.1, -0.05) is 6.07 Å². The van der Waals surface area contributed by atoms with Gasteiger partial charge in [0.05, 0.1) is 5.39 Å². The Kier molecular flexibility index (Phi) is 2.89. The van der Waals surface area contributed by atoms with Crippen molar-refractivity contribution in [2.75, 3.05) is 0 Å². The number of aryl methyl sites for hydroxylation is 3. The summed E-state index contributed by atoms with van der Waals surface area (Å²) in [5, 5.41) is 1.00. The Morgan fingerprint density at radius 3 is 3.00 bits per heavy atom. The summed E-state index contributed by atoms with van der Waals surface area (Å²) in [6.45, 7) is 1.85. The average Bonchev–Trinajstić information content (AvgIpc) is 2.98. The van der Waals surface area contributed by atoms with Crippen LogP contribution in [-0.2, 0) is 12.8 Å². The molecule has 1 aliphatic carbocycles. The fourth-order valence-corrected chi connectivity index (χ4v) is 4.08. The molecule has 21 heavy (non-hydrogen) atoms. The second kappa shape index (κ2) is 4.77. The van der Waals surface area contributed by atoms with Gasteiger partial charge in [-0.2, -0.15) is 4.98 Å². The molecule has 1 aliphatic rings. The number of hydrogen-bond acceptors (Lipinski definition) is 4. The largest absolute Gasteiger partial charge is 0.438 e. The summed E-state index contributed by atoms with van der Waals surface area (Å²) in [6.07, 6.45) is 3.32. The van der Waals surface area contributed by atoms with E-state index in [0.717, 1.165) is 23.1 Å². The van der Waals surface area contributed by atoms with Crippen LogP contribution in [0.3, 0.4) is 0 Å². The number of nitrogens with zero attached hydrogens (tertiary/aromatic N) is 2. The molecule has 1 aromatic carbocycles. The Bertz CT molecular complexity index is 844. The first kappa shape index (κ1) is 12.7. The third-order valence-corrected chi connectivity index (χ3v) is 4.84. The van der Waals surface area contributed by atoms with Crippen molar-refractivity contribution in [1.82, 2.24) is 9.97 Å². The Labute approximate surface area is 125 Å². The van der Waals surface area contributed by atoms with Crippen LogP contribution in [0.15, 0.2) is 24.3 Å². The lowest BCUT2D eigenvalue weighted by Gasteiger charge is -2.08. The summed E-state index contributed by atoms with van der Waals surface area (Å²) in [5.74, 6) is 1.37. The van der Waals surface area contributed by atoms with E-state index >= 15 is 0 Å². The number of aromatic nitrogens is 2. The van der Waals surface area contributed by atoms with E-state index in [1.807, 2.05) is 6.92 Å². The highest BCUT2D eigenvalue weighted by molar-refractivity contribution is 7.19. The number of thiophene rings is 1. The van der Waals surface area contributed by atoms with Crippen molar-refractivity contribution in [1.29, 1.82) is 0 Å². The van der Waals surface area contributed by atoms with E-state index in [1.165, 1.54) is 29.0 Å². The van der Waals surface area contributed by atoms with Crippen molar-refractivity contribution in [3.8, 4) is 11.6 Å². The molecule has 0 N–H and O–H groups in total. The molecule has 0 radical (unpaired) electrons. The maximum absolute atomic E-state index is 13.3. The lowest BCUT2D eigenvalue weighted by Crippen LogP contribution is -1.95. The van der Waals surface area contributed by atoms with E-state index in [9.17, 15) is 4.39 Å². The Morgan fingerprint density at radius 1 is 1.24 bits per heavy atom. The van der Waals surface area contributed by atoms with Crippen LogP contribution in [0.1, 0.15) is 22.7 Å². The van der Waals surface area contributed by atoms with E-state index < -0.39 is 0 Å². The van der Waals surface area contributed by atoms with E-state index in [-0.39, 0.29) is 5.82 Å². The van der Waals surface area contributed by atoms with Crippen LogP contribution >= 0.6 is 11.3 Å². The summed E-state index contributed by atoms with van der Waals surface area (Å²) in [7, 11) is 0. The predicted octanol–water partition coefficient (Wildman–Crippen LogP) is 4.42. The third-order valence-electron chi connectivity index (χ3n) is 3.65. The maximum atomic E-state index is 13.3. The van der Waals surface area contributed by atoms with E-state index in [4.69, 9.17) is 4.74 Å². The van der Waals surface area contributed by atoms with Gasteiger partial charge in [0.15, 0.2) is 0 Å². The molecule has 0 spiro atoms. The normalized spacial score (nSPS) is 13.6. The van der Waals surface area contributed by atoms with Crippen LogP contribution in [-0.4, -0.2) is 9.97 Å². The molecule has 106 valence electrons. The van der Waals surface area contributed by atoms with Crippen molar-refractivity contribution in [3.05, 3.63) is 46.3 Å². The number of rotatable bonds is 2. The molecule has 3 aromatic rings. The highest BCUT2D eigenvalue weighted by atomic mass is 32.1. The summed E-state index contributed by atoms with van der Waals surface area (Å²) >= 11 is 1.72. The minimum atomic E-state index is -0.315. The van der Waals surface area contributed by atoms with Gasteiger partial charge in [-0.05, 0) is 43.9 Å².